The Labute approximate surface area is 113 Å². The fourth-order valence-corrected chi connectivity index (χ4v) is 2.41. The summed E-state index contributed by atoms with van der Waals surface area (Å²) < 4.78 is 0. The smallest absolute Gasteiger partial charge is 0.240 e. The van der Waals surface area contributed by atoms with E-state index in [1.165, 1.54) is 4.90 Å². The molecule has 4 heteroatoms. The molecule has 1 aliphatic heterocycles. The summed E-state index contributed by atoms with van der Waals surface area (Å²) in [5.74, 6) is -0.208. The van der Waals surface area contributed by atoms with Crippen LogP contribution in [0.4, 0.5) is 11.4 Å². The van der Waals surface area contributed by atoms with Crippen molar-refractivity contribution in [2.24, 2.45) is 11.3 Å². The normalized spacial score (nSPS) is 23.5. The van der Waals surface area contributed by atoms with Crippen LogP contribution in [0.15, 0.2) is 18.2 Å². The lowest BCUT2D eigenvalue weighted by Crippen LogP contribution is -2.37. The van der Waals surface area contributed by atoms with Gasteiger partial charge in [-0.3, -0.25) is 9.59 Å². The van der Waals surface area contributed by atoms with Crippen molar-refractivity contribution in [3.63, 3.8) is 0 Å². The van der Waals surface area contributed by atoms with E-state index >= 15 is 0 Å². The van der Waals surface area contributed by atoms with Gasteiger partial charge in [0.05, 0.1) is 16.8 Å². The van der Waals surface area contributed by atoms with E-state index in [0.717, 1.165) is 5.56 Å². The van der Waals surface area contributed by atoms with Crippen molar-refractivity contribution in [3.8, 4) is 0 Å². The Morgan fingerprint density at radius 2 is 1.95 bits per heavy atom. The summed E-state index contributed by atoms with van der Waals surface area (Å²) in [5.41, 5.74) is 7.29. The highest BCUT2D eigenvalue weighted by atomic mass is 16.2. The fraction of sp³-hybridized carbons (Fsp3) is 0.467. The molecule has 1 aromatic rings. The minimum absolute atomic E-state index is 0.112. The molecule has 1 unspecified atom stereocenters. The summed E-state index contributed by atoms with van der Waals surface area (Å²) in [6.07, 6.45) is 0.247. The number of aryl methyl sites for hydroxylation is 1. The Hall–Kier alpha value is -1.84. The molecule has 0 aromatic heterocycles. The highest BCUT2D eigenvalue weighted by Crippen LogP contribution is 2.42. The van der Waals surface area contributed by atoms with Crippen LogP contribution in [-0.4, -0.2) is 11.8 Å². The van der Waals surface area contributed by atoms with Gasteiger partial charge in [0.1, 0.15) is 0 Å². The molecular weight excluding hydrogens is 240 g/mol. The third-order valence-electron chi connectivity index (χ3n) is 4.16. The number of rotatable bonds is 2. The predicted octanol–water partition coefficient (Wildman–Crippen LogP) is 2.50. The second kappa shape index (κ2) is 4.37. The molecule has 1 saturated heterocycles. The average molecular weight is 260 g/mol. The van der Waals surface area contributed by atoms with Gasteiger partial charge >= 0.3 is 0 Å². The number of carbonyl (C=O) groups excluding carboxylic acids is 2. The maximum absolute atomic E-state index is 12.6. The summed E-state index contributed by atoms with van der Waals surface area (Å²) in [4.78, 5) is 26.0. The first-order valence-electron chi connectivity index (χ1n) is 6.51. The molecule has 19 heavy (non-hydrogen) atoms. The van der Waals surface area contributed by atoms with Crippen molar-refractivity contribution >= 4 is 23.2 Å². The minimum Gasteiger partial charge on any atom is -0.397 e. The lowest BCUT2D eigenvalue weighted by molar-refractivity contribution is -0.126. The van der Waals surface area contributed by atoms with Crippen LogP contribution in [0.2, 0.25) is 0 Å². The molecule has 2 N–H and O–H groups in total. The molecule has 1 heterocycles. The van der Waals surface area contributed by atoms with Crippen molar-refractivity contribution in [3.05, 3.63) is 23.8 Å². The van der Waals surface area contributed by atoms with Gasteiger partial charge in [0.2, 0.25) is 11.8 Å². The number of nitrogens with two attached hydrogens (primary N) is 1. The van der Waals surface area contributed by atoms with E-state index < -0.39 is 5.41 Å². The van der Waals surface area contributed by atoms with Gasteiger partial charge in [0, 0.05) is 6.42 Å². The molecule has 0 spiro atoms. The standard InChI is InChI=1S/C15H20N2O2/c1-9(2)15(4)8-13(18)17(14(15)19)12-6-5-10(3)7-11(12)16/h5-7,9H,8,16H2,1-4H3. The highest BCUT2D eigenvalue weighted by Gasteiger charge is 2.50. The molecule has 1 aromatic carbocycles. The van der Waals surface area contributed by atoms with E-state index in [-0.39, 0.29) is 24.2 Å². The minimum atomic E-state index is -0.631. The first kappa shape index (κ1) is 13.6. The molecule has 102 valence electrons. The van der Waals surface area contributed by atoms with Gasteiger partial charge in [-0.25, -0.2) is 4.90 Å². The molecule has 0 bridgehead atoms. The number of nitrogens with zero attached hydrogens (tertiary/aromatic N) is 1. The topological polar surface area (TPSA) is 63.4 Å². The Bertz CT molecular complexity index is 551. The molecule has 4 nitrogen and oxygen atoms in total. The zero-order valence-electron chi connectivity index (χ0n) is 11.9. The number of hydrogen-bond donors (Lipinski definition) is 1. The van der Waals surface area contributed by atoms with Gasteiger partial charge in [-0.05, 0) is 37.5 Å². The van der Waals surface area contributed by atoms with E-state index in [9.17, 15) is 9.59 Å². The number of amides is 2. The van der Waals surface area contributed by atoms with Gasteiger partial charge < -0.3 is 5.73 Å². The number of anilines is 2. The lowest BCUT2D eigenvalue weighted by atomic mass is 9.78. The summed E-state index contributed by atoms with van der Waals surface area (Å²) in [5, 5.41) is 0. The van der Waals surface area contributed by atoms with E-state index in [1.807, 2.05) is 33.8 Å². The molecule has 2 amide bonds. The van der Waals surface area contributed by atoms with E-state index in [0.29, 0.717) is 11.4 Å². The van der Waals surface area contributed by atoms with Crippen LogP contribution >= 0.6 is 0 Å². The highest BCUT2D eigenvalue weighted by molar-refractivity contribution is 6.23. The number of benzene rings is 1. The van der Waals surface area contributed by atoms with Crippen molar-refractivity contribution < 1.29 is 9.59 Å². The maximum Gasteiger partial charge on any atom is 0.240 e. The number of nitrogen functional groups attached to an aromatic ring is 1. The van der Waals surface area contributed by atoms with Crippen molar-refractivity contribution in [1.82, 2.24) is 0 Å². The molecular formula is C15H20N2O2. The van der Waals surface area contributed by atoms with E-state index in [4.69, 9.17) is 5.73 Å². The zero-order chi connectivity index (χ0) is 14.4. The van der Waals surface area contributed by atoms with Crippen LogP contribution < -0.4 is 10.6 Å². The third-order valence-corrected chi connectivity index (χ3v) is 4.16. The summed E-state index contributed by atoms with van der Waals surface area (Å²) >= 11 is 0. The van der Waals surface area contributed by atoms with Crippen LogP contribution in [0.1, 0.15) is 32.8 Å². The molecule has 0 saturated carbocycles. The average Bonchev–Trinajstić information content (AvgIpc) is 2.53. The van der Waals surface area contributed by atoms with E-state index in [2.05, 4.69) is 0 Å². The Balaban J connectivity index is 2.46. The third kappa shape index (κ3) is 2.01. The fourth-order valence-electron chi connectivity index (χ4n) is 2.41. The predicted molar refractivity (Wildman–Crippen MR) is 75.6 cm³/mol. The quantitative estimate of drug-likeness (QED) is 0.656. The van der Waals surface area contributed by atoms with Crippen molar-refractivity contribution in [1.29, 1.82) is 0 Å². The van der Waals surface area contributed by atoms with Gasteiger partial charge in [0.15, 0.2) is 0 Å². The second-order valence-electron chi connectivity index (χ2n) is 5.85. The molecule has 1 aliphatic rings. The summed E-state index contributed by atoms with van der Waals surface area (Å²) in [6.45, 7) is 7.70. The Morgan fingerprint density at radius 3 is 2.42 bits per heavy atom. The molecule has 0 radical (unpaired) electrons. The van der Waals surface area contributed by atoms with Crippen LogP contribution in [0.25, 0.3) is 0 Å². The van der Waals surface area contributed by atoms with Crippen LogP contribution in [0, 0.1) is 18.3 Å². The summed E-state index contributed by atoms with van der Waals surface area (Å²) in [6, 6.07) is 5.38. The monoisotopic (exact) mass is 260 g/mol. The van der Waals surface area contributed by atoms with Crippen LogP contribution in [0.5, 0.6) is 0 Å². The Kier molecular flexibility index (Phi) is 3.12. The maximum atomic E-state index is 12.6. The van der Waals surface area contributed by atoms with Gasteiger partial charge in [-0.1, -0.05) is 19.9 Å². The summed E-state index contributed by atoms with van der Waals surface area (Å²) in [7, 11) is 0. The van der Waals surface area contributed by atoms with Crippen LogP contribution in [-0.2, 0) is 9.59 Å². The van der Waals surface area contributed by atoms with Gasteiger partial charge in [-0.2, -0.15) is 0 Å². The van der Waals surface area contributed by atoms with E-state index in [1.54, 1.807) is 12.1 Å². The first-order valence-corrected chi connectivity index (χ1v) is 6.51. The molecule has 1 atom stereocenters. The molecule has 2 rings (SSSR count). The molecule has 0 aliphatic carbocycles. The largest absolute Gasteiger partial charge is 0.397 e. The van der Waals surface area contributed by atoms with Crippen LogP contribution in [0.3, 0.4) is 0 Å². The number of imide groups is 1. The SMILES string of the molecule is Cc1ccc(N2C(=O)CC(C)(C(C)C)C2=O)c(N)c1. The van der Waals surface area contributed by atoms with Gasteiger partial charge in [-0.15, -0.1) is 0 Å². The zero-order valence-corrected chi connectivity index (χ0v) is 11.9. The van der Waals surface area contributed by atoms with Crippen molar-refractivity contribution in [2.45, 2.75) is 34.1 Å². The second-order valence-corrected chi connectivity index (χ2v) is 5.85. The Morgan fingerprint density at radius 1 is 1.32 bits per heavy atom. The molecule has 1 fully saturated rings. The first-order chi connectivity index (χ1) is 8.77. The number of carbonyl (C=O) groups is 2. The number of hydrogen-bond acceptors (Lipinski definition) is 3. The lowest BCUT2D eigenvalue weighted by Gasteiger charge is -2.26. The van der Waals surface area contributed by atoms with Gasteiger partial charge in [0.25, 0.3) is 0 Å². The van der Waals surface area contributed by atoms with Crippen molar-refractivity contribution in [2.75, 3.05) is 10.6 Å².